The molecule has 3 aromatic heterocycles. The van der Waals surface area contributed by atoms with E-state index in [1.807, 2.05) is 6.92 Å². The Hall–Kier alpha value is -8.15. The lowest BCUT2D eigenvalue weighted by Gasteiger charge is -2.35. The zero-order valence-electron chi connectivity index (χ0n) is 44.0. The van der Waals surface area contributed by atoms with Crippen LogP contribution in [0, 0.1) is 11.8 Å². The number of nitrogens with zero attached hydrogens (tertiary/aromatic N) is 6. The van der Waals surface area contributed by atoms with Gasteiger partial charge in [0.2, 0.25) is 17.4 Å². The molecule has 23 heteroatoms. The summed E-state index contributed by atoms with van der Waals surface area (Å²) in [4.78, 5) is 108. The Kier molecular flexibility index (Phi) is 17.7. The number of nitrogens with one attached hydrogen (secondary N) is 2. The van der Waals surface area contributed by atoms with E-state index in [1.54, 1.807) is 70.9 Å². The molecule has 416 valence electrons. The molecule has 3 aliphatic heterocycles. The Bertz CT molecular complexity index is 3220. The zero-order chi connectivity index (χ0) is 55.6. The molecule has 2 aromatic carbocycles. The van der Waals surface area contributed by atoms with E-state index in [1.165, 1.54) is 17.1 Å². The number of phenolic OH excluding ortho intramolecular Hbond substituents is 1. The molecule has 1 fully saturated rings. The lowest BCUT2D eigenvalue weighted by Crippen LogP contribution is -2.47. The van der Waals surface area contributed by atoms with Gasteiger partial charge in [0, 0.05) is 54.1 Å². The maximum atomic E-state index is 14.0. The number of fused-ring (bicyclic) bond motifs is 5. The second-order valence-electron chi connectivity index (χ2n) is 19.8. The Morgan fingerprint density at radius 3 is 2.34 bits per heavy atom. The highest BCUT2D eigenvalue weighted by Gasteiger charge is 2.51. The van der Waals surface area contributed by atoms with E-state index in [9.17, 15) is 43.5 Å². The number of imide groups is 1. The van der Waals surface area contributed by atoms with E-state index in [0.717, 1.165) is 29.4 Å². The Balaban J connectivity index is 0.620. The number of hydrogen-bond acceptors (Lipinski definition) is 18. The topological polar surface area (TPSA) is 288 Å². The number of pyridine rings is 2. The normalized spacial score (nSPS) is 18.3. The number of rotatable bonds is 25. The van der Waals surface area contributed by atoms with Gasteiger partial charge >= 0.3 is 12.1 Å². The van der Waals surface area contributed by atoms with E-state index in [2.05, 4.69) is 20.9 Å². The minimum Gasteiger partial charge on any atom is -0.508 e. The Morgan fingerprint density at radius 2 is 1.59 bits per heavy atom. The number of ketones is 1. The van der Waals surface area contributed by atoms with Crippen LogP contribution in [0.2, 0.25) is 0 Å². The van der Waals surface area contributed by atoms with E-state index < -0.39 is 29.2 Å². The van der Waals surface area contributed by atoms with Gasteiger partial charge in [0.1, 0.15) is 37.9 Å². The van der Waals surface area contributed by atoms with E-state index in [-0.39, 0.29) is 118 Å². The maximum absolute atomic E-state index is 14.0. The molecular formula is C56H62N8O15. The fraction of sp³-hybridized carbons (Fsp3) is 0.446. The molecule has 0 unspecified atom stereocenters. The number of esters is 1. The lowest BCUT2D eigenvalue weighted by atomic mass is 9.81. The molecule has 3 N–H and O–H groups in total. The summed E-state index contributed by atoms with van der Waals surface area (Å²) < 4.78 is 36.4. The molecule has 1 saturated carbocycles. The number of amides is 4. The minimum absolute atomic E-state index is 0.0309. The van der Waals surface area contributed by atoms with Crippen LogP contribution in [0.1, 0.15) is 85.0 Å². The van der Waals surface area contributed by atoms with Crippen molar-refractivity contribution >= 4 is 52.4 Å². The molecule has 0 bridgehead atoms. The van der Waals surface area contributed by atoms with E-state index >= 15 is 0 Å². The van der Waals surface area contributed by atoms with Gasteiger partial charge in [-0.25, -0.2) is 19.3 Å². The number of ether oxygens (including phenoxy) is 6. The summed E-state index contributed by atoms with van der Waals surface area (Å²) in [7, 11) is 0. The Labute approximate surface area is 453 Å². The first-order valence-corrected chi connectivity index (χ1v) is 26.5. The van der Waals surface area contributed by atoms with Crippen molar-refractivity contribution in [1.29, 1.82) is 0 Å². The van der Waals surface area contributed by atoms with E-state index in [4.69, 9.17) is 33.4 Å². The van der Waals surface area contributed by atoms with Crippen LogP contribution in [-0.2, 0) is 108 Å². The van der Waals surface area contributed by atoms with Gasteiger partial charge in [-0.15, -0.1) is 5.10 Å². The van der Waals surface area contributed by atoms with Crippen LogP contribution >= 0.6 is 0 Å². The summed E-state index contributed by atoms with van der Waals surface area (Å²) in [5, 5.41) is 24.8. The molecule has 4 aliphatic rings. The summed E-state index contributed by atoms with van der Waals surface area (Å²) in [6, 6.07) is 13.3. The highest BCUT2D eigenvalue weighted by atomic mass is 16.7. The first-order valence-electron chi connectivity index (χ1n) is 26.5. The van der Waals surface area contributed by atoms with Gasteiger partial charge in [0.25, 0.3) is 17.4 Å². The molecule has 79 heavy (non-hydrogen) atoms. The molecule has 0 radical (unpaired) electrons. The van der Waals surface area contributed by atoms with Crippen LogP contribution in [0.4, 0.5) is 4.79 Å². The molecule has 5 aromatic rings. The number of phenols is 1. The SMILES string of the molecule is CCc1c2c(nc3ccc(O)cc13)-c1cc3c(c(=O)n1C2)COC(=O)[C@@]3(CC)OC(=O)OCc1ccc(CC(=O)COCC(=O)NCCOCCOCCn2cc(CNC(=O)C3CCC(CN4C(=O)C=CC4=O)CC3)nn2)cc1. The third kappa shape index (κ3) is 12.9. The number of benzene rings is 2. The summed E-state index contributed by atoms with van der Waals surface area (Å²) in [6.45, 7) is 5.26. The summed E-state index contributed by atoms with van der Waals surface area (Å²) in [5.74, 6) is -1.95. The first kappa shape index (κ1) is 55.6. The third-order valence-corrected chi connectivity index (χ3v) is 14.6. The van der Waals surface area contributed by atoms with Crippen LogP contribution in [0.3, 0.4) is 0 Å². The van der Waals surface area contributed by atoms with Gasteiger partial charge in [-0.2, -0.15) is 0 Å². The molecule has 9 rings (SSSR count). The molecule has 23 nitrogen and oxygen atoms in total. The van der Waals surface area contributed by atoms with Crippen LogP contribution in [-0.4, -0.2) is 129 Å². The van der Waals surface area contributed by atoms with Crippen LogP contribution in [0.15, 0.2) is 71.7 Å². The maximum Gasteiger partial charge on any atom is 0.510 e. The number of aromatic nitrogens is 5. The van der Waals surface area contributed by atoms with Crippen molar-refractivity contribution in [2.24, 2.45) is 11.8 Å². The van der Waals surface area contributed by atoms with Crippen LogP contribution < -0.4 is 16.2 Å². The second kappa shape index (κ2) is 25.1. The zero-order valence-corrected chi connectivity index (χ0v) is 44.0. The predicted octanol–water partition coefficient (Wildman–Crippen LogP) is 3.63. The largest absolute Gasteiger partial charge is 0.510 e. The standard InChI is InChI=1S/C56H62N8O15/c1-3-41-42-24-39(65)13-14-46(42)59-51-43(41)29-63-47(51)25-45-44(53(63)71)32-77-54(72)56(45,4-2)79-55(73)78-30-36-7-5-34(6-8-36)23-40(66)31-76-33-48(67)57-17-19-74-21-22-75-20-18-62-28-38(60-61-62)26-58-52(70)37-11-9-35(10-12-37)27-64-49(68)15-16-50(64)69/h5-8,13-16,24-25,28,35,37,65H,3-4,9-12,17-23,26-27,29-33H2,1-2H3,(H,57,67)(H,58,70)/t35?,37?,56-/m0/s1. The van der Waals surface area contributed by atoms with Crippen molar-refractivity contribution in [3.8, 4) is 17.1 Å². The van der Waals surface area contributed by atoms with Crippen molar-refractivity contribution in [2.45, 2.75) is 97.2 Å². The molecule has 6 heterocycles. The quantitative estimate of drug-likeness (QED) is 0.0419. The third-order valence-electron chi connectivity index (χ3n) is 14.6. The lowest BCUT2D eigenvalue weighted by molar-refractivity contribution is -0.175. The Morgan fingerprint density at radius 1 is 0.848 bits per heavy atom. The van der Waals surface area contributed by atoms with Gasteiger partial charge in [0.15, 0.2) is 5.78 Å². The molecular weight excluding hydrogens is 1020 g/mol. The predicted molar refractivity (Wildman–Crippen MR) is 278 cm³/mol. The molecule has 0 spiro atoms. The average Bonchev–Trinajstić information content (AvgIpc) is 4.28. The summed E-state index contributed by atoms with van der Waals surface area (Å²) >= 11 is 0. The highest BCUT2D eigenvalue weighted by molar-refractivity contribution is 6.12. The number of carbonyl (C=O) groups is 7. The van der Waals surface area contributed by atoms with Gasteiger partial charge < -0.3 is 48.7 Å². The number of aryl methyl sites for hydroxylation is 1. The fourth-order valence-corrected chi connectivity index (χ4v) is 10.4. The number of carbonyl (C=O) groups excluding carboxylic acids is 7. The van der Waals surface area contributed by atoms with Crippen molar-refractivity contribution in [1.82, 2.24) is 40.1 Å². The monoisotopic (exact) mass is 1090 g/mol. The van der Waals surface area contributed by atoms with Crippen LogP contribution in [0.25, 0.3) is 22.3 Å². The van der Waals surface area contributed by atoms with Crippen LogP contribution in [0.5, 0.6) is 5.75 Å². The van der Waals surface area contributed by atoms with Gasteiger partial charge in [0.05, 0.1) is 74.7 Å². The number of hydrogen-bond donors (Lipinski definition) is 3. The smallest absolute Gasteiger partial charge is 0.508 e. The number of aromatic hydroxyl groups is 1. The van der Waals surface area contributed by atoms with Crippen molar-refractivity contribution in [2.75, 3.05) is 52.7 Å². The summed E-state index contributed by atoms with van der Waals surface area (Å²) in [5.41, 5.74) is 3.32. The number of Topliss-reactive ketones (excluding diaryl/α,β-unsaturated/α-hetero) is 1. The number of cyclic esters (lactones) is 1. The molecule has 1 aliphatic carbocycles. The summed E-state index contributed by atoms with van der Waals surface area (Å²) in [6.07, 6.45) is 6.68. The van der Waals surface area contributed by atoms with Gasteiger partial charge in [-0.3, -0.25) is 33.7 Å². The molecule has 4 amide bonds. The molecule has 0 saturated heterocycles. The minimum atomic E-state index is -1.97. The highest BCUT2D eigenvalue weighted by Crippen LogP contribution is 2.43. The molecule has 1 atom stereocenters. The average molecular weight is 1090 g/mol. The van der Waals surface area contributed by atoms with Crippen molar-refractivity contribution < 1.29 is 67.1 Å². The fourth-order valence-electron chi connectivity index (χ4n) is 10.4. The van der Waals surface area contributed by atoms with Crippen molar-refractivity contribution in [3.63, 3.8) is 0 Å². The second-order valence-corrected chi connectivity index (χ2v) is 19.8. The van der Waals surface area contributed by atoms with Crippen molar-refractivity contribution in [3.05, 3.63) is 116 Å². The van der Waals surface area contributed by atoms with Gasteiger partial charge in [-0.1, -0.05) is 43.3 Å². The van der Waals surface area contributed by atoms with Gasteiger partial charge in [-0.05, 0) is 85.4 Å². The van der Waals surface area contributed by atoms with E-state index in [0.29, 0.717) is 85.9 Å². The first-order chi connectivity index (χ1) is 38.2.